The topological polar surface area (TPSA) is 62.0 Å². The lowest BCUT2D eigenvalue weighted by Crippen LogP contribution is -2.25. The van der Waals surface area contributed by atoms with Crippen molar-refractivity contribution in [1.29, 1.82) is 0 Å². The largest absolute Gasteiger partial charge is 0.431 e. The van der Waals surface area contributed by atoms with E-state index >= 15 is 0 Å². The van der Waals surface area contributed by atoms with Gasteiger partial charge in [0.1, 0.15) is 11.3 Å². The Hall–Kier alpha value is -2.57. The van der Waals surface area contributed by atoms with Gasteiger partial charge in [-0.15, -0.1) is 0 Å². The first-order valence-corrected chi connectivity index (χ1v) is 5.55. The molecule has 2 rings (SSSR count). The average molecular weight is 282 g/mol. The van der Waals surface area contributed by atoms with E-state index in [-0.39, 0.29) is 5.56 Å². The minimum absolute atomic E-state index is 0.387. The fraction of sp³-hybridized carbons (Fsp3) is 0.0769. The van der Waals surface area contributed by atoms with Crippen molar-refractivity contribution in [3.8, 4) is 0 Å². The maximum absolute atomic E-state index is 12.4. The fourth-order valence-electron chi connectivity index (χ4n) is 1.54. The lowest BCUT2D eigenvalue weighted by Gasteiger charge is -2.08. The molecule has 20 heavy (non-hydrogen) atoms. The highest BCUT2D eigenvalue weighted by atomic mass is 19.4. The Balaban J connectivity index is 2.26. The van der Waals surface area contributed by atoms with Crippen molar-refractivity contribution in [2.45, 2.75) is 6.18 Å². The summed E-state index contributed by atoms with van der Waals surface area (Å²) in [6.45, 7) is 0. The summed E-state index contributed by atoms with van der Waals surface area (Å²) in [6, 6.07) is 9.77. The molecule has 104 valence electrons. The first-order valence-electron chi connectivity index (χ1n) is 5.55. The van der Waals surface area contributed by atoms with Crippen LogP contribution in [0, 0.1) is 0 Å². The number of pyridine rings is 1. The molecular formula is C13H9F3N2O2. The van der Waals surface area contributed by atoms with Crippen LogP contribution in [0.1, 0.15) is 16.1 Å². The van der Waals surface area contributed by atoms with E-state index in [0.717, 1.165) is 6.07 Å². The molecule has 0 bridgehead atoms. The van der Waals surface area contributed by atoms with E-state index in [1.54, 1.807) is 35.3 Å². The Kier molecular flexibility index (Phi) is 3.60. The van der Waals surface area contributed by atoms with Crippen molar-refractivity contribution in [2.24, 2.45) is 0 Å². The number of halogens is 3. The highest BCUT2D eigenvalue weighted by Crippen LogP contribution is 2.26. The number of aromatic amines is 1. The van der Waals surface area contributed by atoms with Crippen LogP contribution in [0.2, 0.25) is 0 Å². The van der Waals surface area contributed by atoms with E-state index in [4.69, 9.17) is 0 Å². The fourth-order valence-corrected chi connectivity index (χ4v) is 1.54. The Labute approximate surface area is 111 Å². The Bertz CT molecular complexity index is 678. The standard InChI is InChI=1S/C13H9F3N2O2/c14-13(15,16)10-7-6-9(12(20)18-10)11(19)17-8-4-2-1-3-5-8/h1-7H,(H,17,19)(H,18,20). The van der Waals surface area contributed by atoms with Gasteiger partial charge in [0, 0.05) is 5.69 Å². The second-order valence-electron chi connectivity index (χ2n) is 3.93. The minimum atomic E-state index is -4.66. The zero-order valence-electron chi connectivity index (χ0n) is 9.99. The summed E-state index contributed by atoms with van der Waals surface area (Å²) in [5.74, 6) is -0.772. The van der Waals surface area contributed by atoms with Gasteiger partial charge in [0.05, 0.1) is 0 Å². The zero-order chi connectivity index (χ0) is 14.8. The van der Waals surface area contributed by atoms with Crippen LogP contribution in [0.3, 0.4) is 0 Å². The summed E-state index contributed by atoms with van der Waals surface area (Å²) in [5, 5.41) is 2.42. The normalized spacial score (nSPS) is 11.2. The van der Waals surface area contributed by atoms with Crippen molar-refractivity contribution in [2.75, 3.05) is 5.32 Å². The molecule has 0 fully saturated rings. The molecule has 0 saturated heterocycles. The quantitative estimate of drug-likeness (QED) is 0.889. The maximum atomic E-state index is 12.4. The van der Waals surface area contributed by atoms with Crippen molar-refractivity contribution in [3.63, 3.8) is 0 Å². The molecule has 7 heteroatoms. The van der Waals surface area contributed by atoms with E-state index in [9.17, 15) is 22.8 Å². The molecule has 0 atom stereocenters. The third-order valence-corrected chi connectivity index (χ3v) is 2.49. The number of carbonyl (C=O) groups excluding carboxylic acids is 1. The van der Waals surface area contributed by atoms with Gasteiger partial charge in [-0.3, -0.25) is 9.59 Å². The number of hydrogen-bond acceptors (Lipinski definition) is 2. The number of carbonyl (C=O) groups is 1. The van der Waals surface area contributed by atoms with Crippen molar-refractivity contribution in [3.05, 3.63) is 64.1 Å². The SMILES string of the molecule is O=C(Nc1ccccc1)c1ccc(C(F)(F)F)[nH]c1=O. The van der Waals surface area contributed by atoms with E-state index in [2.05, 4.69) is 5.32 Å². The molecule has 1 heterocycles. The van der Waals surface area contributed by atoms with Gasteiger partial charge < -0.3 is 10.3 Å². The molecule has 0 aliphatic heterocycles. The summed E-state index contributed by atoms with van der Waals surface area (Å²) in [7, 11) is 0. The lowest BCUT2D eigenvalue weighted by atomic mass is 10.2. The predicted molar refractivity (Wildman–Crippen MR) is 66.5 cm³/mol. The van der Waals surface area contributed by atoms with Crippen molar-refractivity contribution in [1.82, 2.24) is 4.98 Å². The predicted octanol–water partition coefficient (Wildman–Crippen LogP) is 2.65. The number of H-pyrrole nitrogens is 1. The highest BCUT2D eigenvalue weighted by molar-refractivity contribution is 6.03. The molecule has 0 saturated carbocycles. The number of hydrogen-bond donors (Lipinski definition) is 2. The van der Waals surface area contributed by atoms with Crippen molar-refractivity contribution >= 4 is 11.6 Å². The number of alkyl halides is 3. The molecular weight excluding hydrogens is 273 g/mol. The van der Waals surface area contributed by atoms with Gasteiger partial charge in [-0.2, -0.15) is 13.2 Å². The highest BCUT2D eigenvalue weighted by Gasteiger charge is 2.32. The molecule has 1 aromatic heterocycles. The average Bonchev–Trinajstić information content (AvgIpc) is 2.38. The molecule has 0 spiro atoms. The Morgan fingerprint density at radius 3 is 2.25 bits per heavy atom. The lowest BCUT2D eigenvalue weighted by molar-refractivity contribution is -0.141. The molecule has 0 radical (unpaired) electrons. The van der Waals surface area contributed by atoms with Gasteiger partial charge in [-0.1, -0.05) is 18.2 Å². The number of para-hydroxylation sites is 1. The van der Waals surface area contributed by atoms with Crippen LogP contribution in [0.5, 0.6) is 0 Å². The summed E-state index contributed by atoms with van der Waals surface area (Å²) in [4.78, 5) is 24.9. The molecule has 0 aliphatic carbocycles. The molecule has 2 N–H and O–H groups in total. The second kappa shape index (κ2) is 5.20. The van der Waals surface area contributed by atoms with Gasteiger partial charge in [-0.05, 0) is 24.3 Å². The van der Waals surface area contributed by atoms with Crippen LogP contribution < -0.4 is 10.9 Å². The van der Waals surface area contributed by atoms with Crippen LogP contribution in [-0.2, 0) is 6.18 Å². The molecule has 2 aromatic rings. The summed E-state index contributed by atoms with van der Waals surface area (Å²) >= 11 is 0. The van der Waals surface area contributed by atoms with Gasteiger partial charge in [0.2, 0.25) is 0 Å². The molecule has 0 aliphatic rings. The van der Waals surface area contributed by atoms with Gasteiger partial charge in [-0.25, -0.2) is 0 Å². The third kappa shape index (κ3) is 3.05. The van der Waals surface area contributed by atoms with Crippen molar-refractivity contribution < 1.29 is 18.0 Å². The first-order chi connectivity index (χ1) is 9.38. The number of rotatable bonds is 2. The summed E-state index contributed by atoms with van der Waals surface area (Å²) in [6.07, 6.45) is -4.66. The van der Waals surface area contributed by atoms with Crippen LogP contribution in [-0.4, -0.2) is 10.9 Å². The molecule has 1 amide bonds. The van der Waals surface area contributed by atoms with E-state index in [0.29, 0.717) is 11.8 Å². The zero-order valence-corrected chi connectivity index (χ0v) is 9.99. The van der Waals surface area contributed by atoms with Gasteiger partial charge in [0.25, 0.3) is 11.5 Å². The maximum Gasteiger partial charge on any atom is 0.431 e. The number of amides is 1. The van der Waals surface area contributed by atoms with Crippen LogP contribution in [0.25, 0.3) is 0 Å². The number of nitrogens with one attached hydrogen (secondary N) is 2. The number of anilines is 1. The van der Waals surface area contributed by atoms with Crippen LogP contribution in [0.15, 0.2) is 47.3 Å². The van der Waals surface area contributed by atoms with E-state index < -0.39 is 23.3 Å². The number of aromatic nitrogens is 1. The van der Waals surface area contributed by atoms with E-state index in [1.165, 1.54) is 0 Å². The Morgan fingerprint density at radius 1 is 1.05 bits per heavy atom. The van der Waals surface area contributed by atoms with Gasteiger partial charge >= 0.3 is 6.18 Å². The third-order valence-electron chi connectivity index (χ3n) is 2.49. The van der Waals surface area contributed by atoms with E-state index in [1.807, 2.05) is 0 Å². The molecule has 1 aromatic carbocycles. The summed E-state index contributed by atoms with van der Waals surface area (Å²) in [5.41, 5.74) is -2.23. The molecule has 0 unspecified atom stereocenters. The first kappa shape index (κ1) is 13.9. The monoisotopic (exact) mass is 282 g/mol. The van der Waals surface area contributed by atoms with Crippen LogP contribution >= 0.6 is 0 Å². The summed E-state index contributed by atoms with van der Waals surface area (Å²) < 4.78 is 37.1. The van der Waals surface area contributed by atoms with Gasteiger partial charge in [0.15, 0.2) is 0 Å². The smallest absolute Gasteiger partial charge is 0.322 e. The minimum Gasteiger partial charge on any atom is -0.322 e. The van der Waals surface area contributed by atoms with Crippen LogP contribution in [0.4, 0.5) is 18.9 Å². The Morgan fingerprint density at radius 2 is 1.70 bits per heavy atom. The number of benzene rings is 1. The molecule has 4 nitrogen and oxygen atoms in total. The second-order valence-corrected chi connectivity index (χ2v) is 3.93.